The highest BCUT2D eigenvalue weighted by Gasteiger charge is 1.85. The molecule has 2 aromatic carbocycles. The third-order valence-electron chi connectivity index (χ3n) is 1.66. The molecule has 0 heterocycles. The largest absolute Gasteiger partial charge is 0.0683 e. The Balaban J connectivity index is -0.000000244. The maximum Gasteiger partial charge on any atom is -0.0184 e. The second-order valence-corrected chi connectivity index (χ2v) is 3.05. The number of fused-ring (bicyclic) bond motifs is 1. The molecule has 0 aliphatic heterocycles. The van der Waals surface area contributed by atoms with E-state index in [1.807, 2.05) is 41.5 Å². The van der Waals surface area contributed by atoms with Crippen LogP contribution in [0.5, 0.6) is 0 Å². The van der Waals surface area contributed by atoms with Crippen LogP contribution in [-0.2, 0) is 0 Å². The summed E-state index contributed by atoms with van der Waals surface area (Å²) in [5.74, 6) is 0. The van der Waals surface area contributed by atoms with Crippen molar-refractivity contribution in [3.8, 4) is 0 Å². The maximum atomic E-state index is 2.12. The zero-order chi connectivity index (χ0) is 15.5. The van der Waals surface area contributed by atoms with E-state index in [0.717, 1.165) is 0 Å². The molecule has 2 rings (SSSR count). The minimum atomic E-state index is 1.25. The van der Waals surface area contributed by atoms with Crippen molar-refractivity contribution >= 4 is 10.8 Å². The number of rotatable bonds is 0. The van der Waals surface area contributed by atoms with E-state index in [-0.39, 0.29) is 0 Å². The lowest BCUT2D eigenvalue weighted by molar-refractivity contribution is 1.09. The fourth-order valence-electron chi connectivity index (χ4n) is 1.13. The Morgan fingerprint density at radius 1 is 0.526 bits per heavy atom. The lowest BCUT2D eigenvalue weighted by Crippen LogP contribution is -1.67. The van der Waals surface area contributed by atoms with E-state index < -0.39 is 0 Å². The van der Waals surface area contributed by atoms with Crippen molar-refractivity contribution in [1.82, 2.24) is 0 Å². The molecule has 19 heavy (non-hydrogen) atoms. The van der Waals surface area contributed by atoms with Gasteiger partial charge in [-0.25, -0.2) is 0 Å². The van der Waals surface area contributed by atoms with E-state index in [9.17, 15) is 0 Å². The second-order valence-electron chi connectivity index (χ2n) is 3.05. The molecule has 0 aliphatic carbocycles. The van der Waals surface area contributed by atoms with E-state index in [2.05, 4.69) is 62.4 Å². The summed E-state index contributed by atoms with van der Waals surface area (Å²) in [7, 11) is 0. The second kappa shape index (κ2) is 21.9. The van der Waals surface area contributed by atoms with Crippen LogP contribution in [0, 0.1) is 0 Å². The van der Waals surface area contributed by atoms with E-state index in [0.29, 0.717) is 0 Å². The molecule has 0 bridgehead atoms. The molecular weight excluding hydrogens is 228 g/mol. The Morgan fingerprint density at radius 2 is 0.684 bits per heavy atom. The third-order valence-corrected chi connectivity index (χ3v) is 1.66. The Hall–Kier alpha value is -1.30. The summed E-state index contributed by atoms with van der Waals surface area (Å²) < 4.78 is 0. The van der Waals surface area contributed by atoms with E-state index in [4.69, 9.17) is 0 Å². The first-order valence-electron chi connectivity index (χ1n) is 7.82. The number of hydrogen-bond acceptors (Lipinski definition) is 0. The van der Waals surface area contributed by atoms with Crippen molar-refractivity contribution in [2.45, 2.75) is 61.8 Å². The molecular formula is C19H34. The first kappa shape index (κ1) is 22.8. The van der Waals surface area contributed by atoms with Gasteiger partial charge in [0.15, 0.2) is 0 Å². The molecule has 0 aromatic heterocycles. The molecule has 0 atom stereocenters. The molecule has 0 unspecified atom stereocenters. The smallest absolute Gasteiger partial charge is 0.0184 e. The van der Waals surface area contributed by atoms with E-state index >= 15 is 0 Å². The molecule has 0 N–H and O–H groups in total. The summed E-state index contributed by atoms with van der Waals surface area (Å²) in [6.07, 6.45) is 1.25. The van der Waals surface area contributed by atoms with Gasteiger partial charge in [-0.3, -0.25) is 0 Å². The summed E-state index contributed by atoms with van der Waals surface area (Å²) >= 11 is 0. The molecule has 0 saturated heterocycles. The molecule has 0 aliphatic rings. The van der Waals surface area contributed by atoms with Crippen LogP contribution in [0.3, 0.4) is 0 Å². The van der Waals surface area contributed by atoms with Crippen LogP contribution in [0.2, 0.25) is 0 Å². The van der Waals surface area contributed by atoms with Gasteiger partial charge in [0.25, 0.3) is 0 Å². The van der Waals surface area contributed by atoms with Gasteiger partial charge in [0.2, 0.25) is 0 Å². The van der Waals surface area contributed by atoms with Gasteiger partial charge in [0.1, 0.15) is 0 Å². The Morgan fingerprint density at radius 3 is 0.842 bits per heavy atom. The zero-order valence-electron chi connectivity index (χ0n) is 14.3. The molecule has 0 radical (unpaired) electrons. The average Bonchev–Trinajstić information content (AvgIpc) is 2.54. The highest BCUT2D eigenvalue weighted by molar-refractivity contribution is 5.81. The number of hydrogen-bond donors (Lipinski definition) is 0. The Labute approximate surface area is 121 Å². The van der Waals surface area contributed by atoms with Crippen LogP contribution >= 0.6 is 0 Å². The average molecular weight is 262 g/mol. The van der Waals surface area contributed by atoms with Gasteiger partial charge in [-0.05, 0) is 10.8 Å². The summed E-state index contributed by atoms with van der Waals surface area (Å²) in [6, 6.07) is 16.7. The molecule has 0 fully saturated rings. The van der Waals surface area contributed by atoms with Crippen molar-refractivity contribution in [1.29, 1.82) is 0 Å². The van der Waals surface area contributed by atoms with Crippen molar-refractivity contribution in [2.24, 2.45) is 0 Å². The van der Waals surface area contributed by atoms with E-state index in [1.54, 1.807) is 0 Å². The summed E-state index contributed by atoms with van der Waals surface area (Å²) in [4.78, 5) is 0. The van der Waals surface area contributed by atoms with Crippen LogP contribution in [-0.4, -0.2) is 0 Å². The van der Waals surface area contributed by atoms with Gasteiger partial charge in [-0.2, -0.15) is 0 Å². The Kier molecular flexibility index (Phi) is 26.4. The molecule has 0 amide bonds. The maximum absolute atomic E-state index is 2.12. The van der Waals surface area contributed by atoms with Gasteiger partial charge in [-0.15, -0.1) is 0 Å². The quantitative estimate of drug-likeness (QED) is 0.466. The van der Waals surface area contributed by atoms with Crippen molar-refractivity contribution in [3.05, 3.63) is 48.5 Å². The van der Waals surface area contributed by atoms with Crippen molar-refractivity contribution in [3.63, 3.8) is 0 Å². The highest BCUT2D eigenvalue weighted by atomic mass is 13.9. The highest BCUT2D eigenvalue weighted by Crippen LogP contribution is 2.11. The van der Waals surface area contributed by atoms with Crippen LogP contribution in [0.1, 0.15) is 61.8 Å². The van der Waals surface area contributed by atoms with Crippen molar-refractivity contribution < 1.29 is 0 Å². The van der Waals surface area contributed by atoms with Crippen LogP contribution in [0.25, 0.3) is 10.8 Å². The summed E-state index contributed by atoms with van der Waals surface area (Å²) in [5.41, 5.74) is 0. The lowest BCUT2D eigenvalue weighted by atomic mass is 10.1. The van der Waals surface area contributed by atoms with Crippen LogP contribution < -0.4 is 0 Å². The topological polar surface area (TPSA) is 0 Å². The number of benzene rings is 2. The minimum Gasteiger partial charge on any atom is -0.0683 e. The van der Waals surface area contributed by atoms with Gasteiger partial charge in [-0.1, -0.05) is 110 Å². The molecule has 110 valence electrons. The van der Waals surface area contributed by atoms with Crippen molar-refractivity contribution in [2.75, 3.05) is 0 Å². The van der Waals surface area contributed by atoms with Crippen LogP contribution in [0.15, 0.2) is 48.5 Å². The van der Waals surface area contributed by atoms with Gasteiger partial charge in [0, 0.05) is 0 Å². The summed E-state index contributed by atoms with van der Waals surface area (Å²) in [5, 5.41) is 2.62. The predicted molar refractivity (Wildman–Crippen MR) is 94.0 cm³/mol. The van der Waals surface area contributed by atoms with E-state index in [1.165, 1.54) is 17.2 Å². The molecule has 0 nitrogen and oxygen atoms in total. The normalized spacial score (nSPS) is 7.16. The molecule has 0 heteroatoms. The standard InChI is InChI=1S/C10H8.C3H8.3C2H6/c1-2-6-10-8-4-3-7-9(10)5-1;1-3-2;3*1-2/h1-8H;3H2,1-2H3;3*1-2H3. The summed E-state index contributed by atoms with van der Waals surface area (Å²) in [6.45, 7) is 16.2. The SMILES string of the molecule is CC.CC.CC.CCC.c1ccc2ccccc2c1. The fraction of sp³-hybridized carbons (Fsp3) is 0.474. The lowest BCUT2D eigenvalue weighted by Gasteiger charge is -1.92. The van der Waals surface area contributed by atoms with Gasteiger partial charge in [0.05, 0.1) is 0 Å². The monoisotopic (exact) mass is 262 g/mol. The third kappa shape index (κ3) is 12.9. The molecule has 0 saturated carbocycles. The predicted octanol–water partition coefficient (Wildman–Crippen LogP) is 7.33. The molecule has 0 spiro atoms. The minimum absolute atomic E-state index is 1.25. The van der Waals surface area contributed by atoms with Gasteiger partial charge >= 0.3 is 0 Å². The first-order chi connectivity index (χ1) is 9.38. The van der Waals surface area contributed by atoms with Crippen LogP contribution in [0.4, 0.5) is 0 Å². The first-order valence-corrected chi connectivity index (χ1v) is 7.82. The Bertz CT molecular complexity index is 284. The van der Waals surface area contributed by atoms with Gasteiger partial charge < -0.3 is 0 Å². The zero-order valence-corrected chi connectivity index (χ0v) is 14.3. The molecule has 2 aromatic rings. The fourth-order valence-corrected chi connectivity index (χ4v) is 1.13.